The Balaban J connectivity index is 2.31. The van der Waals surface area contributed by atoms with E-state index in [4.69, 9.17) is 0 Å². The minimum Gasteiger partial charge on any atom is -0.391 e. The number of aromatic nitrogens is 2. The number of carbonyl (C=O) groups excluding carboxylic acids is 1. The van der Waals surface area contributed by atoms with Crippen LogP contribution in [0.1, 0.15) is 35.5 Å². The van der Waals surface area contributed by atoms with Gasteiger partial charge in [0.05, 0.1) is 16.4 Å². The second-order valence-electron chi connectivity index (χ2n) is 4.76. The van der Waals surface area contributed by atoms with Gasteiger partial charge in [0.2, 0.25) is 0 Å². The monoisotopic (exact) mass is 308 g/mol. The average molecular weight is 308 g/mol. The number of aryl methyl sites for hydroxylation is 1. The number of hydrogen-bond donors (Lipinski definition) is 3. The lowest BCUT2D eigenvalue weighted by atomic mass is 10.2. The Morgan fingerprint density at radius 2 is 2.19 bits per heavy atom. The van der Waals surface area contributed by atoms with Gasteiger partial charge in [0.25, 0.3) is 5.91 Å². The van der Waals surface area contributed by atoms with Gasteiger partial charge in [0.15, 0.2) is 0 Å². The van der Waals surface area contributed by atoms with Crippen LogP contribution in [0.25, 0.3) is 10.2 Å². The maximum atomic E-state index is 12.2. The van der Waals surface area contributed by atoms with E-state index in [2.05, 4.69) is 20.6 Å². The van der Waals surface area contributed by atoms with Gasteiger partial charge >= 0.3 is 0 Å². The summed E-state index contributed by atoms with van der Waals surface area (Å²) >= 11 is 1.35. The molecule has 0 saturated carbocycles. The molecule has 0 aliphatic rings. The van der Waals surface area contributed by atoms with Crippen LogP contribution in [0.3, 0.4) is 0 Å². The zero-order chi connectivity index (χ0) is 15.4. The van der Waals surface area contributed by atoms with Crippen LogP contribution in [0, 0.1) is 6.92 Å². The van der Waals surface area contributed by atoms with Crippen molar-refractivity contribution in [2.45, 2.75) is 33.3 Å². The Hall–Kier alpha value is -1.73. The molecule has 1 atom stereocenters. The van der Waals surface area contributed by atoms with Crippen LogP contribution >= 0.6 is 11.3 Å². The summed E-state index contributed by atoms with van der Waals surface area (Å²) in [7, 11) is 0. The van der Waals surface area contributed by atoms with Crippen molar-refractivity contribution in [1.82, 2.24) is 15.3 Å². The third-order valence-electron chi connectivity index (χ3n) is 3.25. The SMILES string of the molecule is CCNc1ncnc2sc(C(=O)NCC(O)CC)c(C)c12. The first-order valence-electron chi connectivity index (χ1n) is 7.02. The van der Waals surface area contributed by atoms with E-state index in [1.807, 2.05) is 20.8 Å². The van der Waals surface area contributed by atoms with E-state index in [0.29, 0.717) is 11.3 Å². The third kappa shape index (κ3) is 3.30. The van der Waals surface area contributed by atoms with Gasteiger partial charge in [-0.1, -0.05) is 6.92 Å². The van der Waals surface area contributed by atoms with Crippen molar-refractivity contribution in [3.05, 3.63) is 16.8 Å². The van der Waals surface area contributed by atoms with Crippen molar-refractivity contribution >= 4 is 33.3 Å². The van der Waals surface area contributed by atoms with Gasteiger partial charge in [-0.25, -0.2) is 9.97 Å². The third-order valence-corrected chi connectivity index (χ3v) is 4.45. The normalized spacial score (nSPS) is 12.4. The number of nitrogens with one attached hydrogen (secondary N) is 2. The van der Waals surface area contributed by atoms with Crippen molar-refractivity contribution in [3.8, 4) is 0 Å². The molecule has 0 spiro atoms. The zero-order valence-corrected chi connectivity index (χ0v) is 13.3. The lowest BCUT2D eigenvalue weighted by molar-refractivity contribution is 0.0917. The zero-order valence-electron chi connectivity index (χ0n) is 12.4. The Morgan fingerprint density at radius 3 is 2.86 bits per heavy atom. The number of thiophene rings is 1. The molecular weight excluding hydrogens is 288 g/mol. The van der Waals surface area contributed by atoms with Crippen molar-refractivity contribution in [2.24, 2.45) is 0 Å². The number of fused-ring (bicyclic) bond motifs is 1. The molecule has 7 heteroatoms. The smallest absolute Gasteiger partial charge is 0.261 e. The van der Waals surface area contributed by atoms with E-state index < -0.39 is 6.10 Å². The molecule has 0 fully saturated rings. The highest BCUT2D eigenvalue weighted by molar-refractivity contribution is 7.20. The summed E-state index contributed by atoms with van der Waals surface area (Å²) in [4.78, 5) is 22.1. The molecule has 2 aromatic heterocycles. The maximum absolute atomic E-state index is 12.2. The number of aliphatic hydroxyl groups excluding tert-OH is 1. The minimum absolute atomic E-state index is 0.176. The first kappa shape index (κ1) is 15.7. The van der Waals surface area contributed by atoms with Gasteiger partial charge < -0.3 is 15.7 Å². The fourth-order valence-electron chi connectivity index (χ4n) is 2.02. The van der Waals surface area contributed by atoms with Crippen LogP contribution in [-0.2, 0) is 0 Å². The predicted octanol–water partition coefficient (Wildman–Crippen LogP) is 1.93. The Kier molecular flexibility index (Phi) is 5.08. The second kappa shape index (κ2) is 6.82. The topological polar surface area (TPSA) is 87.1 Å². The van der Waals surface area contributed by atoms with Crippen molar-refractivity contribution in [3.63, 3.8) is 0 Å². The van der Waals surface area contributed by atoms with Crippen LogP contribution in [-0.4, -0.2) is 40.2 Å². The van der Waals surface area contributed by atoms with E-state index in [9.17, 15) is 9.90 Å². The van der Waals surface area contributed by atoms with Crippen LogP contribution in [0.4, 0.5) is 5.82 Å². The Morgan fingerprint density at radius 1 is 1.43 bits per heavy atom. The van der Waals surface area contributed by atoms with Gasteiger partial charge in [-0.05, 0) is 25.8 Å². The van der Waals surface area contributed by atoms with Crippen LogP contribution in [0.5, 0.6) is 0 Å². The first-order valence-corrected chi connectivity index (χ1v) is 7.84. The van der Waals surface area contributed by atoms with E-state index in [0.717, 1.165) is 28.1 Å². The molecule has 2 aromatic rings. The predicted molar refractivity (Wildman–Crippen MR) is 84.9 cm³/mol. The largest absolute Gasteiger partial charge is 0.391 e. The van der Waals surface area contributed by atoms with Gasteiger partial charge in [-0.2, -0.15) is 0 Å². The molecule has 0 saturated heterocycles. The van der Waals surface area contributed by atoms with Gasteiger partial charge in [0, 0.05) is 13.1 Å². The molecule has 2 heterocycles. The fraction of sp³-hybridized carbons (Fsp3) is 0.500. The number of rotatable bonds is 6. The molecule has 3 N–H and O–H groups in total. The van der Waals surface area contributed by atoms with Crippen molar-refractivity contribution in [2.75, 3.05) is 18.4 Å². The molecule has 0 aliphatic carbocycles. The summed E-state index contributed by atoms with van der Waals surface area (Å²) < 4.78 is 0. The number of amides is 1. The van der Waals surface area contributed by atoms with Gasteiger partial charge in [0.1, 0.15) is 17.0 Å². The lowest BCUT2D eigenvalue weighted by Crippen LogP contribution is -2.31. The molecule has 6 nitrogen and oxygen atoms in total. The van der Waals surface area contributed by atoms with Gasteiger partial charge in [-0.15, -0.1) is 11.3 Å². The summed E-state index contributed by atoms with van der Waals surface area (Å²) in [6.45, 7) is 6.78. The summed E-state index contributed by atoms with van der Waals surface area (Å²) in [6.07, 6.45) is 1.60. The van der Waals surface area contributed by atoms with Crippen LogP contribution in [0.2, 0.25) is 0 Å². The molecular formula is C14H20N4O2S. The molecule has 1 unspecified atom stereocenters. The first-order chi connectivity index (χ1) is 10.1. The molecule has 0 aliphatic heterocycles. The second-order valence-corrected chi connectivity index (χ2v) is 5.76. The van der Waals surface area contributed by atoms with E-state index in [1.54, 1.807) is 0 Å². The van der Waals surface area contributed by atoms with E-state index in [1.165, 1.54) is 17.7 Å². The maximum Gasteiger partial charge on any atom is 0.261 e. The number of anilines is 1. The van der Waals surface area contributed by atoms with Crippen LogP contribution in [0.15, 0.2) is 6.33 Å². The number of carbonyl (C=O) groups is 1. The number of nitrogens with zero attached hydrogens (tertiary/aromatic N) is 2. The highest BCUT2D eigenvalue weighted by Crippen LogP contribution is 2.33. The fourth-order valence-corrected chi connectivity index (χ4v) is 3.09. The summed E-state index contributed by atoms with van der Waals surface area (Å²) in [5, 5.41) is 16.4. The molecule has 114 valence electrons. The Labute approximate surface area is 127 Å². The molecule has 21 heavy (non-hydrogen) atoms. The van der Waals surface area contributed by atoms with E-state index in [-0.39, 0.29) is 12.5 Å². The minimum atomic E-state index is -0.513. The molecule has 1 amide bonds. The lowest BCUT2D eigenvalue weighted by Gasteiger charge is -2.09. The summed E-state index contributed by atoms with van der Waals surface area (Å²) in [5.41, 5.74) is 0.870. The highest BCUT2D eigenvalue weighted by atomic mass is 32.1. The Bertz CT molecular complexity index is 641. The van der Waals surface area contributed by atoms with Gasteiger partial charge in [-0.3, -0.25) is 4.79 Å². The molecule has 0 aromatic carbocycles. The van der Waals surface area contributed by atoms with Crippen LogP contribution < -0.4 is 10.6 Å². The standard InChI is InChI=1S/C14H20N4O2S/c1-4-9(19)6-16-13(20)11-8(3)10-12(15-5-2)17-7-18-14(10)21-11/h7,9,19H,4-6H2,1-3H3,(H,16,20)(H,15,17,18). The average Bonchev–Trinajstić information content (AvgIpc) is 2.83. The number of aliphatic hydroxyl groups is 1. The summed E-state index contributed by atoms with van der Waals surface area (Å²) in [5.74, 6) is 0.578. The van der Waals surface area contributed by atoms with Crippen molar-refractivity contribution in [1.29, 1.82) is 0 Å². The van der Waals surface area contributed by atoms with Crippen molar-refractivity contribution < 1.29 is 9.90 Å². The quantitative estimate of drug-likeness (QED) is 0.759. The molecule has 2 rings (SSSR count). The number of hydrogen-bond acceptors (Lipinski definition) is 6. The highest BCUT2D eigenvalue weighted by Gasteiger charge is 2.19. The molecule has 0 radical (unpaired) electrons. The summed E-state index contributed by atoms with van der Waals surface area (Å²) in [6, 6.07) is 0. The molecule has 0 bridgehead atoms. The van der Waals surface area contributed by atoms with E-state index >= 15 is 0 Å².